The van der Waals surface area contributed by atoms with Gasteiger partial charge in [-0.25, -0.2) is 13.1 Å². The van der Waals surface area contributed by atoms with Crippen LogP contribution in [0.5, 0.6) is 0 Å². The van der Waals surface area contributed by atoms with Crippen molar-refractivity contribution in [2.75, 3.05) is 12.9 Å². The number of hydrogen-bond acceptors (Lipinski definition) is 5. The summed E-state index contributed by atoms with van der Waals surface area (Å²) in [4.78, 5) is 13.3. The maximum atomic E-state index is 11.8. The number of nitrogens with one attached hydrogen (secondary N) is 1. The van der Waals surface area contributed by atoms with Crippen LogP contribution in [0, 0.1) is 6.92 Å². The molecule has 1 heterocycles. The zero-order chi connectivity index (χ0) is 15.2. The van der Waals surface area contributed by atoms with E-state index in [1.165, 1.54) is 12.0 Å². The fraction of sp³-hybridized carbons (Fsp3) is 0.615. The monoisotopic (exact) mass is 319 g/mol. The molecule has 0 saturated heterocycles. The van der Waals surface area contributed by atoms with Gasteiger partial charge in [-0.05, 0) is 38.8 Å². The fourth-order valence-corrected chi connectivity index (χ4v) is 4.17. The van der Waals surface area contributed by atoms with Crippen molar-refractivity contribution in [2.45, 2.75) is 39.2 Å². The van der Waals surface area contributed by atoms with Gasteiger partial charge in [0.1, 0.15) is 0 Å². The van der Waals surface area contributed by atoms with Gasteiger partial charge in [0.2, 0.25) is 10.0 Å². The Morgan fingerprint density at radius 2 is 2.15 bits per heavy atom. The number of thiophene rings is 1. The second kappa shape index (κ2) is 7.75. The Morgan fingerprint density at radius 3 is 2.70 bits per heavy atom. The molecule has 0 amide bonds. The number of carbonyl (C=O) groups is 1. The molecule has 0 aliphatic heterocycles. The van der Waals surface area contributed by atoms with Crippen LogP contribution in [0.4, 0.5) is 0 Å². The molecule has 1 aromatic heterocycles. The van der Waals surface area contributed by atoms with Crippen molar-refractivity contribution in [1.82, 2.24) is 4.72 Å². The first-order valence-corrected chi connectivity index (χ1v) is 8.91. The molecule has 0 saturated carbocycles. The van der Waals surface area contributed by atoms with Crippen molar-refractivity contribution < 1.29 is 17.9 Å². The van der Waals surface area contributed by atoms with Crippen molar-refractivity contribution in [3.8, 4) is 0 Å². The van der Waals surface area contributed by atoms with Crippen LogP contribution in [0.15, 0.2) is 12.1 Å². The highest BCUT2D eigenvalue weighted by atomic mass is 32.2. The molecule has 0 fully saturated rings. The molecular weight excluding hydrogens is 298 g/mol. The summed E-state index contributed by atoms with van der Waals surface area (Å²) in [5.41, 5.74) is 0. The zero-order valence-corrected chi connectivity index (χ0v) is 13.6. The number of methoxy groups -OCH3 is 1. The number of rotatable bonds is 8. The van der Waals surface area contributed by atoms with Gasteiger partial charge in [0, 0.05) is 22.2 Å². The van der Waals surface area contributed by atoms with Gasteiger partial charge < -0.3 is 4.74 Å². The van der Waals surface area contributed by atoms with Gasteiger partial charge in [0.05, 0.1) is 12.9 Å². The third kappa shape index (κ3) is 6.49. The topological polar surface area (TPSA) is 72.5 Å². The molecule has 1 atom stereocenters. The normalized spacial score (nSPS) is 13.2. The predicted molar refractivity (Wildman–Crippen MR) is 80.4 cm³/mol. The molecule has 1 aromatic rings. The second-order valence-corrected chi connectivity index (χ2v) is 7.98. The average molecular weight is 319 g/mol. The van der Waals surface area contributed by atoms with Crippen LogP contribution < -0.4 is 4.72 Å². The largest absolute Gasteiger partial charge is 0.469 e. The van der Waals surface area contributed by atoms with Crippen molar-refractivity contribution in [3.05, 3.63) is 21.9 Å². The van der Waals surface area contributed by atoms with Crippen LogP contribution in [-0.4, -0.2) is 33.3 Å². The van der Waals surface area contributed by atoms with E-state index in [-0.39, 0.29) is 30.6 Å². The summed E-state index contributed by atoms with van der Waals surface area (Å²) in [6.07, 6.45) is 1.07. The molecule has 20 heavy (non-hydrogen) atoms. The number of aryl methyl sites for hydroxylation is 1. The first kappa shape index (κ1) is 17.1. The van der Waals surface area contributed by atoms with E-state index in [4.69, 9.17) is 0 Å². The Kier molecular flexibility index (Phi) is 6.64. The average Bonchev–Trinajstić information content (AvgIpc) is 2.73. The van der Waals surface area contributed by atoms with E-state index in [0.29, 0.717) is 6.42 Å². The van der Waals surface area contributed by atoms with Crippen LogP contribution in [0.25, 0.3) is 0 Å². The highest BCUT2D eigenvalue weighted by molar-refractivity contribution is 7.89. The number of ether oxygens (including phenoxy) is 1. The van der Waals surface area contributed by atoms with E-state index >= 15 is 0 Å². The van der Waals surface area contributed by atoms with Crippen LogP contribution in [0.3, 0.4) is 0 Å². The quantitative estimate of drug-likeness (QED) is 0.742. The van der Waals surface area contributed by atoms with Crippen LogP contribution in [0.2, 0.25) is 0 Å². The Labute approximate surface area is 124 Å². The summed E-state index contributed by atoms with van der Waals surface area (Å²) < 4.78 is 30.8. The zero-order valence-electron chi connectivity index (χ0n) is 12.0. The first-order valence-electron chi connectivity index (χ1n) is 6.44. The Morgan fingerprint density at radius 1 is 1.45 bits per heavy atom. The first-order chi connectivity index (χ1) is 9.32. The van der Waals surface area contributed by atoms with E-state index < -0.39 is 10.0 Å². The molecule has 0 spiro atoms. The molecule has 114 valence electrons. The molecule has 0 radical (unpaired) electrons. The van der Waals surface area contributed by atoms with Crippen molar-refractivity contribution in [3.63, 3.8) is 0 Å². The van der Waals surface area contributed by atoms with Crippen LogP contribution in [0.1, 0.15) is 29.5 Å². The molecule has 7 heteroatoms. The van der Waals surface area contributed by atoms with E-state index in [0.717, 1.165) is 4.88 Å². The maximum absolute atomic E-state index is 11.8. The Bertz CT molecular complexity index is 536. The minimum Gasteiger partial charge on any atom is -0.469 e. The second-order valence-electron chi connectivity index (χ2n) is 4.73. The summed E-state index contributed by atoms with van der Waals surface area (Å²) in [5, 5.41) is 0. The van der Waals surface area contributed by atoms with Crippen LogP contribution >= 0.6 is 11.3 Å². The lowest BCUT2D eigenvalue weighted by Crippen LogP contribution is -2.35. The number of carbonyl (C=O) groups excluding carboxylic acids is 1. The molecule has 1 rings (SSSR count). The number of hydrogen-bond donors (Lipinski definition) is 1. The van der Waals surface area contributed by atoms with Gasteiger partial charge in [-0.15, -0.1) is 11.3 Å². The summed E-state index contributed by atoms with van der Waals surface area (Å²) in [7, 11) is -2.06. The van der Waals surface area contributed by atoms with Gasteiger partial charge in [-0.2, -0.15) is 0 Å². The number of sulfonamides is 1. The van der Waals surface area contributed by atoms with E-state index in [1.54, 1.807) is 11.3 Å². The number of esters is 1. The van der Waals surface area contributed by atoms with Gasteiger partial charge in [0.25, 0.3) is 0 Å². The molecule has 1 unspecified atom stereocenters. The van der Waals surface area contributed by atoms with Crippen molar-refractivity contribution >= 4 is 27.3 Å². The molecule has 0 aliphatic rings. The van der Waals surface area contributed by atoms with E-state index in [9.17, 15) is 13.2 Å². The standard InChI is InChI=1S/C13H21NO4S2/c1-10(9-12-7-6-11(2)19-12)14-20(16,17)8-4-5-13(15)18-3/h6-7,10,14H,4-5,8-9H2,1-3H3. The van der Waals surface area contributed by atoms with Crippen molar-refractivity contribution in [2.24, 2.45) is 0 Å². The third-order valence-electron chi connectivity index (χ3n) is 2.71. The van der Waals surface area contributed by atoms with Crippen LogP contribution in [-0.2, 0) is 26.0 Å². The molecular formula is C13H21NO4S2. The van der Waals surface area contributed by atoms with Gasteiger partial charge in [-0.1, -0.05) is 0 Å². The van der Waals surface area contributed by atoms with Gasteiger partial charge >= 0.3 is 5.97 Å². The minimum absolute atomic E-state index is 0.0596. The molecule has 0 aromatic carbocycles. The lowest BCUT2D eigenvalue weighted by atomic mass is 10.2. The fourth-order valence-electron chi connectivity index (χ4n) is 1.81. The molecule has 5 nitrogen and oxygen atoms in total. The summed E-state index contributed by atoms with van der Waals surface area (Å²) in [6.45, 7) is 3.86. The van der Waals surface area contributed by atoms with E-state index in [1.807, 2.05) is 26.0 Å². The summed E-state index contributed by atoms with van der Waals surface area (Å²) >= 11 is 1.67. The highest BCUT2D eigenvalue weighted by Crippen LogP contribution is 2.16. The highest BCUT2D eigenvalue weighted by Gasteiger charge is 2.16. The predicted octanol–water partition coefficient (Wildman–Crippen LogP) is 1.86. The summed E-state index contributed by atoms with van der Waals surface area (Å²) in [6, 6.07) is 3.88. The van der Waals surface area contributed by atoms with Gasteiger partial charge in [-0.3, -0.25) is 4.79 Å². The Hall–Kier alpha value is -0.920. The van der Waals surface area contributed by atoms with Crippen molar-refractivity contribution in [1.29, 1.82) is 0 Å². The van der Waals surface area contributed by atoms with Gasteiger partial charge in [0.15, 0.2) is 0 Å². The smallest absolute Gasteiger partial charge is 0.305 e. The maximum Gasteiger partial charge on any atom is 0.305 e. The lowest BCUT2D eigenvalue weighted by Gasteiger charge is -2.13. The third-order valence-corrected chi connectivity index (χ3v) is 5.32. The molecule has 0 aliphatic carbocycles. The Balaban J connectivity index is 2.39. The molecule has 0 bridgehead atoms. The van der Waals surface area contributed by atoms with E-state index in [2.05, 4.69) is 9.46 Å². The minimum atomic E-state index is -3.35. The summed E-state index contributed by atoms with van der Waals surface area (Å²) in [5.74, 6) is -0.446. The lowest BCUT2D eigenvalue weighted by molar-refractivity contribution is -0.140. The molecule has 1 N–H and O–H groups in total. The SMILES string of the molecule is COC(=O)CCCS(=O)(=O)NC(C)Cc1ccc(C)s1.